The number of benzene rings is 6. The summed E-state index contributed by atoms with van der Waals surface area (Å²) in [6.45, 7) is 2.81. The Hall–Kier alpha value is -8.81. The molecule has 0 spiro atoms. The van der Waals surface area contributed by atoms with E-state index in [1.165, 1.54) is 0 Å². The van der Waals surface area contributed by atoms with E-state index in [4.69, 9.17) is 55.4 Å². The van der Waals surface area contributed by atoms with Crippen molar-refractivity contribution in [1.82, 2.24) is 29.9 Å². The van der Waals surface area contributed by atoms with E-state index in [-0.39, 0.29) is 56.6 Å². The van der Waals surface area contributed by atoms with E-state index >= 15 is 0 Å². The maximum atomic E-state index is 11.6. The monoisotopic (exact) mass is 1470 g/mol. The second-order valence-electron chi connectivity index (χ2n) is 19.0. The molecule has 0 unspecified atom stereocenters. The van der Waals surface area contributed by atoms with E-state index in [1.807, 2.05) is 122 Å². The molecule has 0 radical (unpaired) electrons. The van der Waals surface area contributed by atoms with Gasteiger partial charge in [-0.15, -0.1) is 20.5 Å². The summed E-state index contributed by atoms with van der Waals surface area (Å²) in [5, 5.41) is 2.26. The fourth-order valence-corrected chi connectivity index (χ4v) is 9.96. The third-order valence-electron chi connectivity index (χ3n) is 12.1. The van der Waals surface area contributed by atoms with E-state index < -0.39 is 36.1 Å². The summed E-state index contributed by atoms with van der Waals surface area (Å²) in [5.74, 6) is 0.895. The van der Waals surface area contributed by atoms with Crippen molar-refractivity contribution < 1.29 is 128 Å². The maximum Gasteiger partial charge on any atom is 3.00 e. The van der Waals surface area contributed by atoms with Gasteiger partial charge in [-0.05, 0) is 121 Å². The van der Waals surface area contributed by atoms with Gasteiger partial charge in [0, 0.05) is 48.0 Å². The van der Waals surface area contributed by atoms with Gasteiger partial charge in [-0.1, -0.05) is 133 Å². The van der Waals surface area contributed by atoms with Crippen LogP contribution in [-0.4, -0.2) is 29.9 Å². The van der Waals surface area contributed by atoms with Gasteiger partial charge in [-0.25, -0.2) is 46.4 Å². The molecule has 0 N–H and O–H groups in total. The van der Waals surface area contributed by atoms with Crippen molar-refractivity contribution in [2.24, 2.45) is 0 Å². The number of halogens is 2. The standard InChI is InChI=1S/2C21H18N4.2C12H11O4P.2ClHO4.2Co/c2*1-3-12-22-18(9-1)15-25(16-19-10-2-4-13-23-19)20-11-5-7-17-8-6-14-24-21(17)20;2*13-17(14,15-11-7-3-1-4-8-11)16-12-9-5-2-6-10-12;2*2-1(3,4)5;;/h2*1-14H,15-16H2;2*1-10H,(H,13,14);2*(H,2,3,4,5);;/q;;;;;;2*+3/p-4. The molecule has 24 nitrogen and oxygen atoms in total. The molecule has 0 amide bonds. The third kappa shape index (κ3) is 30.3. The van der Waals surface area contributed by atoms with Crippen LogP contribution >= 0.6 is 15.6 Å². The van der Waals surface area contributed by atoms with E-state index in [0.717, 1.165) is 56.0 Å². The molecule has 0 bridgehead atoms. The van der Waals surface area contributed by atoms with Crippen molar-refractivity contribution in [2.75, 3.05) is 9.80 Å². The summed E-state index contributed by atoms with van der Waals surface area (Å²) in [7, 11) is -18.7. The SMILES string of the molecule is O=P([O-])(Oc1ccccc1)Oc1ccccc1.O=P([O-])(Oc1ccccc1)Oc1ccccc1.[Co+3].[Co+3].[O-][Cl+3]([O-])([O-])[O-].[O-][Cl+3]([O-])([O-])[O-].c1ccc(CN(Cc2ccccn2)c2cccc3cccnc23)nc1.c1ccc(CN(Cc2ccccn2)c2cccc3cccnc23)nc1. The second kappa shape index (κ2) is 39.9. The number of hydrogen-bond acceptors (Lipinski definition) is 24. The van der Waals surface area contributed by atoms with Gasteiger partial charge in [0.05, 0.1) is 71.4 Å². The third-order valence-corrected chi connectivity index (χ3v) is 13.8. The van der Waals surface area contributed by atoms with Crippen LogP contribution in [0.3, 0.4) is 0 Å². The minimum Gasteiger partial charge on any atom is -0.736 e. The predicted molar refractivity (Wildman–Crippen MR) is 324 cm³/mol. The van der Waals surface area contributed by atoms with Crippen molar-refractivity contribution in [2.45, 2.75) is 26.2 Å². The quantitative estimate of drug-likeness (QED) is 0.109. The Morgan fingerprint density at radius 3 is 0.740 bits per heavy atom. The minimum absolute atomic E-state index is 0. The van der Waals surface area contributed by atoms with Gasteiger partial charge in [-0.3, -0.25) is 29.9 Å². The molecule has 30 heteroatoms. The summed E-state index contributed by atoms with van der Waals surface area (Å²) >= 11 is 0. The molecule has 496 valence electrons. The number of pyridine rings is 6. The van der Waals surface area contributed by atoms with Crippen LogP contribution in [0.5, 0.6) is 23.0 Å². The van der Waals surface area contributed by atoms with E-state index in [9.17, 15) is 18.9 Å². The molecule has 0 aliphatic carbocycles. The first-order valence-corrected chi connectivity index (χ1v) is 33.1. The van der Waals surface area contributed by atoms with Gasteiger partial charge in [-0.2, -0.15) is 0 Å². The number of hydrogen-bond donors (Lipinski definition) is 0. The molecule has 6 aromatic heterocycles. The minimum atomic E-state index is -4.94. The second-order valence-corrected chi connectivity index (χ2v) is 23.0. The average Bonchev–Trinajstić information content (AvgIpc) is 0.840. The predicted octanol–water partition coefficient (Wildman–Crippen LogP) is 4.17. The molecule has 6 aromatic carbocycles. The topological polar surface area (TPSA) is 385 Å². The molecular weight excluding hydrogens is 1410 g/mol. The Kier molecular flexibility index (Phi) is 32.4. The van der Waals surface area contributed by atoms with Crippen LogP contribution < -0.4 is 75.0 Å². The first-order chi connectivity index (χ1) is 45.1. The zero-order valence-electron chi connectivity index (χ0n) is 50.0. The van der Waals surface area contributed by atoms with Crippen LogP contribution in [0, 0.1) is 20.5 Å². The number of phosphoric acid groups is 2. The molecule has 0 saturated carbocycles. The molecule has 0 fully saturated rings. The van der Waals surface area contributed by atoms with Crippen LogP contribution in [0.4, 0.5) is 11.4 Å². The molecule has 0 aliphatic rings. The van der Waals surface area contributed by atoms with E-state index in [1.54, 1.807) is 121 Å². The smallest absolute Gasteiger partial charge is 0.736 e. The number of anilines is 2. The van der Waals surface area contributed by atoms with Crippen LogP contribution in [0.25, 0.3) is 21.8 Å². The Bertz CT molecular complexity index is 3770. The van der Waals surface area contributed by atoms with Crippen molar-refractivity contribution in [3.63, 3.8) is 0 Å². The number of fused-ring (bicyclic) bond motifs is 2. The van der Waals surface area contributed by atoms with Crippen LogP contribution in [-0.2, 0) is 68.9 Å². The first kappa shape index (κ1) is 77.9. The summed E-state index contributed by atoms with van der Waals surface area (Å²) in [6, 6.07) is 77.5. The fraction of sp³-hybridized carbons (Fsp3) is 0.0606. The number of rotatable bonds is 18. The molecule has 12 aromatic rings. The zero-order chi connectivity index (χ0) is 67.1. The van der Waals surface area contributed by atoms with Crippen molar-refractivity contribution >= 4 is 48.8 Å². The number of aromatic nitrogens is 6. The van der Waals surface area contributed by atoms with Gasteiger partial charge in [0.15, 0.2) is 0 Å². The molecular formula is C66H56Cl2Co2N8O16P2+2. The molecule has 0 atom stereocenters. The van der Waals surface area contributed by atoms with Gasteiger partial charge in [0.1, 0.15) is 23.0 Å². The molecule has 12 rings (SSSR count). The van der Waals surface area contributed by atoms with Crippen molar-refractivity contribution in [3.8, 4) is 23.0 Å². The number of phosphoric ester groups is 2. The summed E-state index contributed by atoms with van der Waals surface area (Å²) in [6.07, 6.45) is 11.0. The van der Waals surface area contributed by atoms with Crippen LogP contribution in [0.2, 0.25) is 0 Å². The van der Waals surface area contributed by atoms with Gasteiger partial charge in [0.25, 0.3) is 0 Å². The molecule has 0 aliphatic heterocycles. The zero-order valence-corrected chi connectivity index (χ0v) is 55.4. The average molecular weight is 1470 g/mol. The van der Waals surface area contributed by atoms with Crippen molar-refractivity contribution in [3.05, 3.63) is 315 Å². The fourth-order valence-electron chi connectivity index (χ4n) is 8.37. The summed E-state index contributed by atoms with van der Waals surface area (Å²) < 4.78 is 110. The Labute approximate surface area is 577 Å². The summed E-state index contributed by atoms with van der Waals surface area (Å²) in [4.78, 5) is 54.8. The largest absolute Gasteiger partial charge is 3.00 e. The molecule has 6 heterocycles. The van der Waals surface area contributed by atoms with Crippen LogP contribution in [0.1, 0.15) is 22.8 Å². The molecule has 0 saturated heterocycles. The molecule has 96 heavy (non-hydrogen) atoms. The van der Waals surface area contributed by atoms with Crippen molar-refractivity contribution in [1.29, 1.82) is 0 Å². The number of nitrogens with zero attached hydrogens (tertiary/aromatic N) is 8. The Morgan fingerprint density at radius 1 is 0.292 bits per heavy atom. The van der Waals surface area contributed by atoms with Gasteiger partial charge in [0.2, 0.25) is 0 Å². The van der Waals surface area contributed by atoms with Crippen LogP contribution in [0.15, 0.2) is 292 Å². The maximum absolute atomic E-state index is 11.6. The van der Waals surface area contributed by atoms with E-state index in [0.29, 0.717) is 26.2 Å². The first-order valence-electron chi connectivity index (χ1n) is 27.7. The normalized spacial score (nSPS) is 10.7. The Morgan fingerprint density at radius 2 is 0.510 bits per heavy atom. The number of para-hydroxylation sites is 6. The Balaban J connectivity index is 0.000000222. The van der Waals surface area contributed by atoms with Gasteiger partial charge < -0.3 is 37.7 Å². The van der Waals surface area contributed by atoms with E-state index in [2.05, 4.69) is 88.2 Å². The summed E-state index contributed by atoms with van der Waals surface area (Å²) in [5.41, 5.74) is 8.26. The van der Waals surface area contributed by atoms with Gasteiger partial charge >= 0.3 is 49.2 Å².